The average molecular weight is 782 g/mol. The first-order valence-corrected chi connectivity index (χ1v) is 21.0. The predicted molar refractivity (Wildman–Crippen MR) is 266 cm³/mol. The van der Waals surface area contributed by atoms with Gasteiger partial charge < -0.3 is 4.90 Å². The van der Waals surface area contributed by atoms with Crippen LogP contribution in [0.25, 0.3) is 77.3 Å². The van der Waals surface area contributed by atoms with Gasteiger partial charge in [-0.3, -0.25) is 0 Å². The molecule has 0 aliphatic heterocycles. The van der Waals surface area contributed by atoms with E-state index in [2.05, 4.69) is 243 Å². The van der Waals surface area contributed by atoms with Crippen molar-refractivity contribution < 1.29 is 0 Å². The van der Waals surface area contributed by atoms with Gasteiger partial charge in [0.05, 0.1) is 0 Å². The number of benzene rings is 9. The van der Waals surface area contributed by atoms with Gasteiger partial charge in [-0.25, -0.2) is 0 Å². The summed E-state index contributed by atoms with van der Waals surface area (Å²) in [5.41, 5.74) is 13.6. The van der Waals surface area contributed by atoms with Crippen molar-refractivity contribution in [2.24, 2.45) is 0 Å². The van der Waals surface area contributed by atoms with Crippen molar-refractivity contribution >= 4 is 55.3 Å². The highest BCUT2D eigenvalue weighted by Crippen LogP contribution is 2.40. The number of rotatable bonds is 11. The highest BCUT2D eigenvalue weighted by atomic mass is 15.1. The number of nitrogens with zero attached hydrogens (tertiary/aromatic N) is 1. The standard InChI is InChI=1S/C60H47N/c1-4-6-9-16-44-24-25-46-26-31-52(40-53(46)39-44)45-32-35-55(36-33-45)61(56-37-38-58(47-17-10-7-11-18-47)60(42-56)48-19-12-8-13-20-48)54(5-2)34-23-43(3)51-30-29-50-28-27-49-21-14-15-22-57(49)59(50)41-51/h4-42H,2H2,1,3H3/b6-4-,16-9-,43-23+,54-34+. The van der Waals surface area contributed by atoms with Crippen molar-refractivity contribution in [1.82, 2.24) is 0 Å². The summed E-state index contributed by atoms with van der Waals surface area (Å²) in [6, 6.07) is 70.2. The summed E-state index contributed by atoms with van der Waals surface area (Å²) < 4.78 is 0. The third kappa shape index (κ3) is 8.28. The highest BCUT2D eigenvalue weighted by molar-refractivity contribution is 6.08. The van der Waals surface area contributed by atoms with E-state index in [9.17, 15) is 0 Å². The molecule has 9 aromatic rings. The van der Waals surface area contributed by atoms with Gasteiger partial charge in [0.15, 0.2) is 0 Å². The lowest BCUT2D eigenvalue weighted by Crippen LogP contribution is -2.15. The molecule has 0 aliphatic rings. The molecular formula is C60H47N. The average Bonchev–Trinajstić information content (AvgIpc) is 3.33. The zero-order valence-corrected chi connectivity index (χ0v) is 34.7. The second-order valence-electron chi connectivity index (χ2n) is 15.4. The maximum absolute atomic E-state index is 4.38. The molecule has 0 aromatic heterocycles. The van der Waals surface area contributed by atoms with Crippen molar-refractivity contribution in [3.8, 4) is 33.4 Å². The third-order valence-electron chi connectivity index (χ3n) is 11.5. The van der Waals surface area contributed by atoms with Gasteiger partial charge in [-0.1, -0.05) is 189 Å². The molecule has 0 amide bonds. The van der Waals surface area contributed by atoms with Crippen LogP contribution in [0.2, 0.25) is 0 Å². The van der Waals surface area contributed by atoms with Gasteiger partial charge in [-0.05, 0) is 151 Å². The molecule has 0 aliphatic carbocycles. The minimum atomic E-state index is 0.967. The third-order valence-corrected chi connectivity index (χ3v) is 11.5. The molecule has 0 N–H and O–H groups in total. The van der Waals surface area contributed by atoms with Crippen LogP contribution in [-0.2, 0) is 0 Å². The number of allylic oxidation sites excluding steroid dienone is 7. The maximum Gasteiger partial charge on any atom is 0.0468 e. The van der Waals surface area contributed by atoms with E-state index < -0.39 is 0 Å². The Morgan fingerprint density at radius 1 is 0.459 bits per heavy atom. The molecule has 9 aromatic carbocycles. The normalized spacial score (nSPS) is 12.2. The summed E-state index contributed by atoms with van der Waals surface area (Å²) in [7, 11) is 0. The Morgan fingerprint density at radius 2 is 1.10 bits per heavy atom. The summed E-state index contributed by atoms with van der Waals surface area (Å²) in [5, 5.41) is 7.47. The molecule has 0 saturated carbocycles. The number of hydrogen-bond donors (Lipinski definition) is 0. The molecule has 0 fully saturated rings. The van der Waals surface area contributed by atoms with Crippen molar-refractivity contribution in [2.75, 3.05) is 4.90 Å². The number of anilines is 2. The summed E-state index contributed by atoms with van der Waals surface area (Å²) in [5.74, 6) is 0. The molecule has 0 atom stereocenters. The van der Waals surface area contributed by atoms with E-state index >= 15 is 0 Å². The monoisotopic (exact) mass is 781 g/mol. The summed E-state index contributed by atoms with van der Waals surface area (Å²) in [6.45, 7) is 8.61. The molecule has 0 heterocycles. The fraction of sp³-hybridized carbons (Fsp3) is 0.0333. The van der Waals surface area contributed by atoms with Gasteiger partial charge in [0.25, 0.3) is 0 Å². The highest BCUT2D eigenvalue weighted by Gasteiger charge is 2.17. The Balaban J connectivity index is 1.14. The van der Waals surface area contributed by atoms with E-state index in [4.69, 9.17) is 0 Å². The molecule has 1 nitrogen and oxygen atoms in total. The van der Waals surface area contributed by atoms with E-state index in [1.807, 2.05) is 19.1 Å². The van der Waals surface area contributed by atoms with E-state index in [1.165, 1.54) is 76.8 Å². The Hall–Kier alpha value is -7.74. The van der Waals surface area contributed by atoms with Crippen LogP contribution in [0.5, 0.6) is 0 Å². The summed E-state index contributed by atoms with van der Waals surface area (Å²) in [6.07, 6.45) is 14.7. The Kier molecular flexibility index (Phi) is 11.2. The molecular weight excluding hydrogens is 735 g/mol. The van der Waals surface area contributed by atoms with Crippen LogP contribution in [0.3, 0.4) is 0 Å². The zero-order chi connectivity index (χ0) is 41.5. The first-order valence-electron chi connectivity index (χ1n) is 21.0. The molecule has 0 radical (unpaired) electrons. The lowest BCUT2D eigenvalue weighted by Gasteiger charge is -2.28. The minimum Gasteiger partial charge on any atom is -0.311 e. The van der Waals surface area contributed by atoms with Gasteiger partial charge >= 0.3 is 0 Å². The van der Waals surface area contributed by atoms with E-state index in [0.29, 0.717) is 0 Å². The van der Waals surface area contributed by atoms with Crippen LogP contribution in [-0.4, -0.2) is 0 Å². The minimum absolute atomic E-state index is 0.967. The Bertz CT molecular complexity index is 3140. The first kappa shape index (κ1) is 38.8. The fourth-order valence-corrected chi connectivity index (χ4v) is 8.26. The maximum atomic E-state index is 4.38. The molecule has 0 spiro atoms. The smallest absolute Gasteiger partial charge is 0.0468 e. The predicted octanol–water partition coefficient (Wildman–Crippen LogP) is 17.0. The van der Waals surface area contributed by atoms with Gasteiger partial charge in [0.2, 0.25) is 0 Å². The summed E-state index contributed by atoms with van der Waals surface area (Å²) in [4.78, 5) is 2.32. The molecule has 292 valence electrons. The van der Waals surface area contributed by atoms with Gasteiger partial charge in [0.1, 0.15) is 0 Å². The van der Waals surface area contributed by atoms with Crippen molar-refractivity contribution in [2.45, 2.75) is 13.8 Å². The molecule has 0 unspecified atom stereocenters. The van der Waals surface area contributed by atoms with Crippen LogP contribution < -0.4 is 4.90 Å². The Morgan fingerprint density at radius 3 is 1.85 bits per heavy atom. The van der Waals surface area contributed by atoms with E-state index in [-0.39, 0.29) is 0 Å². The van der Waals surface area contributed by atoms with Gasteiger partial charge in [-0.15, -0.1) is 0 Å². The molecule has 61 heavy (non-hydrogen) atoms. The van der Waals surface area contributed by atoms with Gasteiger partial charge in [-0.2, -0.15) is 0 Å². The quantitative estimate of drug-likeness (QED) is 0.0933. The van der Waals surface area contributed by atoms with Crippen molar-refractivity contribution in [3.63, 3.8) is 0 Å². The second-order valence-corrected chi connectivity index (χ2v) is 15.4. The largest absolute Gasteiger partial charge is 0.311 e. The fourth-order valence-electron chi connectivity index (χ4n) is 8.26. The molecule has 0 saturated heterocycles. The first-order chi connectivity index (χ1) is 30.1. The van der Waals surface area contributed by atoms with Crippen molar-refractivity contribution in [3.05, 3.63) is 254 Å². The SMILES string of the molecule is C=C/C(=C\C=C(/C)c1ccc2ccc3ccccc3c2c1)N(c1ccc(-c2ccc3ccc(/C=C\C=C/C)cc3c2)cc1)c1ccc(-c2ccccc2)c(-c2ccccc2)c1. The van der Waals surface area contributed by atoms with E-state index in [1.54, 1.807) is 0 Å². The number of fused-ring (bicyclic) bond motifs is 4. The van der Waals surface area contributed by atoms with Crippen LogP contribution >= 0.6 is 0 Å². The van der Waals surface area contributed by atoms with Crippen LogP contribution in [0.1, 0.15) is 25.0 Å². The molecule has 1 heteroatoms. The summed E-state index contributed by atoms with van der Waals surface area (Å²) >= 11 is 0. The number of hydrogen-bond acceptors (Lipinski definition) is 1. The molecule has 0 bridgehead atoms. The Labute approximate surface area is 359 Å². The van der Waals surface area contributed by atoms with E-state index in [0.717, 1.165) is 22.6 Å². The second kappa shape index (κ2) is 17.6. The van der Waals surface area contributed by atoms with Crippen molar-refractivity contribution in [1.29, 1.82) is 0 Å². The zero-order valence-electron chi connectivity index (χ0n) is 34.7. The van der Waals surface area contributed by atoms with Crippen LogP contribution in [0, 0.1) is 0 Å². The molecule has 9 rings (SSSR count). The lowest BCUT2D eigenvalue weighted by molar-refractivity contribution is 1.21. The lowest BCUT2D eigenvalue weighted by atomic mass is 9.93. The topological polar surface area (TPSA) is 3.24 Å². The van der Waals surface area contributed by atoms with Crippen LogP contribution in [0.15, 0.2) is 243 Å². The van der Waals surface area contributed by atoms with Crippen LogP contribution in [0.4, 0.5) is 11.4 Å². The van der Waals surface area contributed by atoms with Gasteiger partial charge in [0, 0.05) is 17.1 Å².